The molecule has 3 rings (SSSR count). The maximum Gasteiger partial charge on any atom is 0.0346 e. The normalized spacial score (nSPS) is 15.5. The highest BCUT2D eigenvalue weighted by Gasteiger charge is 2.20. The molecule has 1 N–H and O–H groups in total. The maximum atomic E-state index is 4.15. The Morgan fingerprint density at radius 3 is 3.06 bits per heavy atom. The van der Waals surface area contributed by atoms with Gasteiger partial charge in [-0.05, 0) is 42.3 Å². The lowest BCUT2D eigenvalue weighted by Gasteiger charge is -2.07. The highest BCUT2D eigenvalue weighted by Crippen LogP contribution is 2.27. The number of hydrogen-bond donors (Lipinski definition) is 1. The molecule has 1 saturated carbocycles. The molecule has 0 amide bonds. The van der Waals surface area contributed by atoms with Crippen LogP contribution in [0.1, 0.15) is 18.4 Å². The molecule has 2 heteroatoms. The Labute approximate surface area is 95.7 Å². The average molecular weight is 212 g/mol. The lowest BCUT2D eigenvalue weighted by molar-refractivity contribution is 0.641. The zero-order chi connectivity index (χ0) is 10.8. The molecule has 0 unspecified atom stereocenters. The molecule has 1 aliphatic carbocycles. The minimum atomic E-state index is 0.941. The smallest absolute Gasteiger partial charge is 0.0346 e. The lowest BCUT2D eigenvalue weighted by atomic mass is 10.1. The molecule has 2 nitrogen and oxygen atoms in total. The van der Waals surface area contributed by atoms with Crippen molar-refractivity contribution in [1.82, 2.24) is 10.3 Å². The first-order valence-electron chi connectivity index (χ1n) is 5.96. The molecule has 2 aromatic rings. The van der Waals surface area contributed by atoms with Gasteiger partial charge in [-0.3, -0.25) is 4.98 Å². The summed E-state index contributed by atoms with van der Waals surface area (Å²) in [4.78, 5) is 4.15. The fraction of sp³-hybridized carbons (Fsp3) is 0.357. The van der Waals surface area contributed by atoms with E-state index in [4.69, 9.17) is 0 Å². The molecule has 0 bridgehead atoms. The van der Waals surface area contributed by atoms with Crippen LogP contribution in [0.5, 0.6) is 0 Å². The Morgan fingerprint density at radius 2 is 2.19 bits per heavy atom. The van der Waals surface area contributed by atoms with E-state index in [0.29, 0.717) is 0 Å². The van der Waals surface area contributed by atoms with Gasteiger partial charge in [0.15, 0.2) is 0 Å². The Bertz CT molecular complexity index is 484. The Kier molecular flexibility index (Phi) is 2.58. The van der Waals surface area contributed by atoms with E-state index >= 15 is 0 Å². The number of aromatic nitrogens is 1. The van der Waals surface area contributed by atoms with E-state index in [1.54, 1.807) is 0 Å². The van der Waals surface area contributed by atoms with Gasteiger partial charge in [0.05, 0.1) is 0 Å². The van der Waals surface area contributed by atoms with E-state index in [1.165, 1.54) is 35.7 Å². The zero-order valence-electron chi connectivity index (χ0n) is 9.32. The van der Waals surface area contributed by atoms with Crippen LogP contribution in [0, 0.1) is 5.92 Å². The number of benzene rings is 1. The summed E-state index contributed by atoms with van der Waals surface area (Å²) in [6.07, 6.45) is 6.62. The van der Waals surface area contributed by atoms with Gasteiger partial charge in [-0.2, -0.15) is 0 Å². The first kappa shape index (κ1) is 9.79. The van der Waals surface area contributed by atoms with Crippen LogP contribution in [0.2, 0.25) is 0 Å². The molecule has 16 heavy (non-hydrogen) atoms. The molecule has 1 aromatic carbocycles. The van der Waals surface area contributed by atoms with Gasteiger partial charge in [0.1, 0.15) is 0 Å². The van der Waals surface area contributed by atoms with Gasteiger partial charge >= 0.3 is 0 Å². The van der Waals surface area contributed by atoms with Crippen molar-refractivity contribution in [3.8, 4) is 0 Å². The number of nitrogens with zero attached hydrogens (tertiary/aromatic N) is 1. The summed E-state index contributed by atoms with van der Waals surface area (Å²) in [5, 5.41) is 6.09. The van der Waals surface area contributed by atoms with Gasteiger partial charge in [0, 0.05) is 24.3 Å². The van der Waals surface area contributed by atoms with Crippen LogP contribution < -0.4 is 5.32 Å². The van der Waals surface area contributed by atoms with Gasteiger partial charge in [-0.15, -0.1) is 0 Å². The van der Waals surface area contributed by atoms with Crippen LogP contribution in [0.15, 0.2) is 36.7 Å². The number of rotatable bonds is 4. The molecule has 1 aromatic heterocycles. The Hall–Kier alpha value is -1.41. The standard InChI is InChI=1S/C14H16N2/c1-2-12-9-15-7-6-14(12)13(3-1)10-16-8-11-4-5-11/h1-3,6-7,9,11,16H,4-5,8,10H2. The first-order chi connectivity index (χ1) is 7.93. The summed E-state index contributed by atoms with van der Waals surface area (Å²) in [7, 11) is 0. The van der Waals surface area contributed by atoms with Crippen molar-refractivity contribution < 1.29 is 0 Å². The summed E-state index contributed by atoms with van der Waals surface area (Å²) in [5.41, 5.74) is 1.38. The van der Waals surface area contributed by atoms with Crippen molar-refractivity contribution in [2.45, 2.75) is 19.4 Å². The van der Waals surface area contributed by atoms with Crippen LogP contribution in [-0.4, -0.2) is 11.5 Å². The van der Waals surface area contributed by atoms with E-state index in [0.717, 1.165) is 12.5 Å². The second kappa shape index (κ2) is 4.22. The van der Waals surface area contributed by atoms with Crippen molar-refractivity contribution in [2.24, 2.45) is 5.92 Å². The number of fused-ring (bicyclic) bond motifs is 1. The molecule has 0 saturated heterocycles. The van der Waals surface area contributed by atoms with Gasteiger partial charge in [-0.1, -0.05) is 18.2 Å². The van der Waals surface area contributed by atoms with Gasteiger partial charge in [0.2, 0.25) is 0 Å². The molecule has 1 aliphatic rings. The molecule has 0 spiro atoms. The minimum Gasteiger partial charge on any atom is -0.312 e. The van der Waals surface area contributed by atoms with Crippen molar-refractivity contribution in [2.75, 3.05) is 6.54 Å². The molecule has 1 heterocycles. The van der Waals surface area contributed by atoms with Crippen LogP contribution in [0.25, 0.3) is 10.8 Å². The fourth-order valence-corrected chi connectivity index (χ4v) is 2.08. The van der Waals surface area contributed by atoms with Crippen LogP contribution >= 0.6 is 0 Å². The third-order valence-corrected chi connectivity index (χ3v) is 3.22. The third kappa shape index (κ3) is 2.07. The highest BCUT2D eigenvalue weighted by atomic mass is 14.9. The lowest BCUT2D eigenvalue weighted by Crippen LogP contribution is -2.16. The molecular weight excluding hydrogens is 196 g/mol. The van der Waals surface area contributed by atoms with Crippen molar-refractivity contribution in [3.63, 3.8) is 0 Å². The van der Waals surface area contributed by atoms with E-state index < -0.39 is 0 Å². The molecule has 82 valence electrons. The molecule has 0 atom stereocenters. The predicted molar refractivity (Wildman–Crippen MR) is 66.2 cm³/mol. The maximum absolute atomic E-state index is 4.15. The second-order valence-corrected chi connectivity index (χ2v) is 4.59. The van der Waals surface area contributed by atoms with Crippen LogP contribution in [0.4, 0.5) is 0 Å². The number of hydrogen-bond acceptors (Lipinski definition) is 2. The molecule has 0 aliphatic heterocycles. The van der Waals surface area contributed by atoms with Crippen LogP contribution in [0.3, 0.4) is 0 Å². The Morgan fingerprint density at radius 1 is 1.25 bits per heavy atom. The quantitative estimate of drug-likeness (QED) is 0.843. The van der Waals surface area contributed by atoms with Gasteiger partial charge < -0.3 is 5.32 Å². The van der Waals surface area contributed by atoms with Crippen molar-refractivity contribution in [3.05, 3.63) is 42.2 Å². The van der Waals surface area contributed by atoms with Crippen LogP contribution in [-0.2, 0) is 6.54 Å². The largest absolute Gasteiger partial charge is 0.312 e. The van der Waals surface area contributed by atoms with Gasteiger partial charge in [0.25, 0.3) is 0 Å². The summed E-state index contributed by atoms with van der Waals surface area (Å²) < 4.78 is 0. The molecule has 0 radical (unpaired) electrons. The van der Waals surface area contributed by atoms with Crippen molar-refractivity contribution in [1.29, 1.82) is 0 Å². The summed E-state index contributed by atoms with van der Waals surface area (Å²) in [5.74, 6) is 0.941. The SMILES string of the molecule is c1cc(CNCC2CC2)c2ccncc2c1. The molecular formula is C14H16N2. The topological polar surface area (TPSA) is 24.9 Å². The number of nitrogens with one attached hydrogen (secondary N) is 1. The predicted octanol–water partition coefficient (Wildman–Crippen LogP) is 2.73. The summed E-state index contributed by atoms with van der Waals surface area (Å²) in [6, 6.07) is 8.52. The van der Waals surface area contributed by atoms with Gasteiger partial charge in [-0.25, -0.2) is 0 Å². The third-order valence-electron chi connectivity index (χ3n) is 3.22. The summed E-state index contributed by atoms with van der Waals surface area (Å²) >= 11 is 0. The van der Waals surface area contributed by atoms with E-state index in [1.807, 2.05) is 12.4 Å². The molecule has 1 fully saturated rings. The number of pyridine rings is 1. The minimum absolute atomic E-state index is 0.941. The van der Waals surface area contributed by atoms with E-state index in [2.05, 4.69) is 34.6 Å². The first-order valence-corrected chi connectivity index (χ1v) is 5.96. The average Bonchev–Trinajstić information content (AvgIpc) is 3.13. The Balaban J connectivity index is 1.79. The fourth-order valence-electron chi connectivity index (χ4n) is 2.08. The monoisotopic (exact) mass is 212 g/mol. The van der Waals surface area contributed by atoms with Crippen molar-refractivity contribution >= 4 is 10.8 Å². The van der Waals surface area contributed by atoms with E-state index in [-0.39, 0.29) is 0 Å². The van der Waals surface area contributed by atoms with E-state index in [9.17, 15) is 0 Å². The summed E-state index contributed by atoms with van der Waals surface area (Å²) in [6.45, 7) is 2.14. The second-order valence-electron chi connectivity index (χ2n) is 4.59. The highest BCUT2D eigenvalue weighted by molar-refractivity contribution is 5.84. The zero-order valence-corrected chi connectivity index (χ0v) is 9.32.